The van der Waals surface area contributed by atoms with E-state index >= 15 is 0 Å². The average Bonchev–Trinajstić information content (AvgIpc) is 3.43. The average molecular weight is 1060 g/mol. The Morgan fingerprint density at radius 2 is 0.527 bits per heavy atom. The number of nitrogens with zero attached hydrogens (tertiary/aromatic N) is 4. The number of carbonyl (C=O) groups excluding carboxylic acids is 8. The summed E-state index contributed by atoms with van der Waals surface area (Å²) in [6.07, 6.45) is 14.0. The summed E-state index contributed by atoms with van der Waals surface area (Å²) in [7, 11) is 5.01. The molecular formula is C50H80N4O20. The zero-order valence-electron chi connectivity index (χ0n) is 43.8. The van der Waals surface area contributed by atoms with E-state index in [1.54, 1.807) is 0 Å². The molecule has 74 heavy (non-hydrogen) atoms. The van der Waals surface area contributed by atoms with Crippen LogP contribution in [0.1, 0.15) is 38.5 Å². The second kappa shape index (κ2) is 46.0. The van der Waals surface area contributed by atoms with Crippen molar-refractivity contribution in [2.24, 2.45) is 0 Å². The van der Waals surface area contributed by atoms with Crippen LogP contribution in [0, 0.1) is 0 Å². The van der Waals surface area contributed by atoms with Gasteiger partial charge in [-0.25, -0.2) is 38.4 Å². The van der Waals surface area contributed by atoms with Crippen LogP contribution >= 0.6 is 0 Å². The number of ether oxygens (including phenoxy) is 12. The number of hydrogen-bond acceptors (Lipinski definition) is 24. The number of rotatable bonds is 26. The maximum atomic E-state index is 11.2. The number of carbonyl (C=O) groups is 8. The second-order valence-electron chi connectivity index (χ2n) is 16.0. The third-order valence-electron chi connectivity index (χ3n) is 10.6. The van der Waals surface area contributed by atoms with Crippen molar-refractivity contribution in [3.05, 3.63) is 48.6 Å². The quantitative estimate of drug-likeness (QED) is 0.0500. The molecule has 0 aromatic heterocycles. The first-order valence-corrected chi connectivity index (χ1v) is 24.8. The smallest absolute Gasteiger partial charge is 0.331 e. The minimum Gasteiger partial charge on any atom is -0.466 e. The highest BCUT2D eigenvalue weighted by molar-refractivity contribution is 5.93. The molecule has 4 aliphatic heterocycles. The van der Waals surface area contributed by atoms with E-state index in [0.29, 0.717) is 33.0 Å². The predicted molar refractivity (Wildman–Crippen MR) is 265 cm³/mol. The van der Waals surface area contributed by atoms with E-state index in [0.717, 1.165) is 212 Å². The third kappa shape index (κ3) is 39.9. The van der Waals surface area contributed by atoms with Crippen molar-refractivity contribution < 1.29 is 95.2 Å². The molecule has 0 aromatic rings. The van der Waals surface area contributed by atoms with E-state index in [1.807, 2.05) is 0 Å². The fraction of sp³-hybridized carbons (Fsp3) is 0.680. The molecule has 24 nitrogen and oxygen atoms in total. The Morgan fingerprint density at radius 1 is 0.297 bits per heavy atom. The minimum atomic E-state index is -0.574. The second-order valence-corrected chi connectivity index (χ2v) is 16.0. The number of hydrogen-bond donors (Lipinski definition) is 0. The van der Waals surface area contributed by atoms with Crippen molar-refractivity contribution in [3.63, 3.8) is 0 Å². The molecule has 420 valence electrons. The molecule has 4 heterocycles. The van der Waals surface area contributed by atoms with E-state index in [4.69, 9.17) is 37.9 Å². The molecule has 0 bridgehead atoms. The summed E-state index contributed by atoms with van der Waals surface area (Å²) in [4.78, 5) is 96.7. The molecule has 0 saturated carbocycles. The number of methoxy groups -OCH3 is 4. The lowest BCUT2D eigenvalue weighted by molar-refractivity contribution is -0.140. The van der Waals surface area contributed by atoms with Crippen LogP contribution in [0.4, 0.5) is 0 Å². The Bertz CT molecular complexity index is 1700. The maximum Gasteiger partial charge on any atom is 0.331 e. The molecule has 0 atom stereocenters. The molecule has 4 saturated heterocycles. The number of esters is 8. The molecule has 4 rings (SSSR count). The minimum absolute atomic E-state index is 0.310. The third-order valence-corrected chi connectivity index (χ3v) is 10.6. The molecule has 0 N–H and O–H groups in total. The molecule has 24 heteroatoms. The normalized spacial score (nSPS) is 16.6. The van der Waals surface area contributed by atoms with Crippen molar-refractivity contribution in [3.8, 4) is 0 Å². The van der Waals surface area contributed by atoms with E-state index in [-0.39, 0.29) is 0 Å². The van der Waals surface area contributed by atoms with Gasteiger partial charge in [-0.05, 0) is 51.6 Å². The Balaban J connectivity index is 0.000000494. The highest BCUT2D eigenvalue weighted by Gasteiger charge is 2.13. The molecule has 0 amide bonds. The van der Waals surface area contributed by atoms with Crippen LogP contribution in [0.15, 0.2) is 48.6 Å². The van der Waals surface area contributed by atoms with Gasteiger partial charge < -0.3 is 56.8 Å². The first kappa shape index (κ1) is 66.4. The van der Waals surface area contributed by atoms with E-state index in [1.165, 1.54) is 28.4 Å². The lowest BCUT2D eigenvalue weighted by Crippen LogP contribution is -2.38. The van der Waals surface area contributed by atoms with Crippen molar-refractivity contribution in [1.29, 1.82) is 0 Å². The van der Waals surface area contributed by atoms with Gasteiger partial charge in [-0.1, -0.05) is 0 Å². The fourth-order valence-corrected chi connectivity index (χ4v) is 6.44. The summed E-state index contributed by atoms with van der Waals surface area (Å²) >= 11 is 0. The lowest BCUT2D eigenvalue weighted by atomic mass is 10.2. The molecule has 0 spiro atoms. The zero-order valence-corrected chi connectivity index (χ0v) is 43.8. The van der Waals surface area contributed by atoms with Gasteiger partial charge in [0, 0.05) is 114 Å². The highest BCUT2D eigenvalue weighted by Crippen LogP contribution is 2.04. The van der Waals surface area contributed by atoms with Gasteiger partial charge in [0.2, 0.25) is 0 Å². The monoisotopic (exact) mass is 1060 g/mol. The zero-order chi connectivity index (χ0) is 54.3. The summed E-state index contributed by atoms with van der Waals surface area (Å²) in [6, 6.07) is 0. The summed E-state index contributed by atoms with van der Waals surface area (Å²) in [6.45, 7) is 18.8. The van der Waals surface area contributed by atoms with Crippen LogP contribution in [-0.4, -0.2) is 254 Å². The van der Waals surface area contributed by atoms with Gasteiger partial charge in [0.05, 0.1) is 101 Å². The van der Waals surface area contributed by atoms with Crippen LogP contribution in [-0.2, 0) is 95.2 Å². The van der Waals surface area contributed by atoms with Crippen molar-refractivity contribution >= 4 is 47.8 Å². The van der Waals surface area contributed by atoms with E-state index in [9.17, 15) is 38.4 Å². The van der Waals surface area contributed by atoms with Gasteiger partial charge in [0.1, 0.15) is 6.61 Å². The van der Waals surface area contributed by atoms with Crippen molar-refractivity contribution in [1.82, 2.24) is 19.6 Å². The summed E-state index contributed by atoms with van der Waals surface area (Å²) in [5.74, 6) is -4.36. The molecule has 0 radical (unpaired) electrons. The first-order valence-electron chi connectivity index (χ1n) is 24.8. The van der Waals surface area contributed by atoms with E-state index in [2.05, 4.69) is 38.5 Å². The first-order chi connectivity index (χ1) is 35.9. The largest absolute Gasteiger partial charge is 0.466 e. The molecule has 4 fully saturated rings. The van der Waals surface area contributed by atoms with Crippen molar-refractivity contribution in [2.45, 2.75) is 38.5 Å². The van der Waals surface area contributed by atoms with Crippen LogP contribution in [0.25, 0.3) is 0 Å². The van der Waals surface area contributed by atoms with Gasteiger partial charge in [0.15, 0.2) is 0 Å². The Morgan fingerprint density at radius 3 is 0.838 bits per heavy atom. The summed E-state index contributed by atoms with van der Waals surface area (Å²) < 4.78 is 58.2. The van der Waals surface area contributed by atoms with Gasteiger partial charge >= 0.3 is 47.8 Å². The Kier molecular flexibility index (Phi) is 41.3. The summed E-state index contributed by atoms with van der Waals surface area (Å²) in [5.41, 5.74) is 0. The standard InChI is InChI=1S/C14H23NO5.C13H21NO5.C12H19NO5.C11H17NO5/c1-18-13(16)5-6-14(17)20-10-4-2-3-7-15-8-11-19-12-9-15;1-17-12(15)4-5-13(16)19-9-3-2-6-14-7-10-18-11-8-14;1-16-11(14)3-4-12(15)18-8-2-5-13-6-9-17-10-7-13;1-15-10(13)2-3-11(14)17-9-6-12-4-7-16-8-5-12/h5-6H,2-4,7-12H2,1H3;4-5H,2-3,6-11H2,1H3;3-4H,2,5-10H2,1H3;2-3H,4-9H2,1H3/b6-5+;5-4+;4-3+;3-2+. The molecular weight excluding hydrogens is 977 g/mol. The van der Waals surface area contributed by atoms with Crippen LogP contribution in [0.5, 0.6) is 0 Å². The molecule has 0 aromatic carbocycles. The SMILES string of the molecule is COC(=O)/C=C/C(=O)OCCCCCN1CCOCC1.COC(=O)/C=C/C(=O)OCCCCN1CCOCC1.COC(=O)/C=C/C(=O)OCCCN1CCOCC1.COC(=O)/C=C/C(=O)OCCN1CCOCC1. The number of unbranched alkanes of at least 4 members (excludes halogenated alkanes) is 3. The van der Waals surface area contributed by atoms with Crippen LogP contribution in [0.2, 0.25) is 0 Å². The maximum absolute atomic E-state index is 11.2. The molecule has 4 aliphatic rings. The molecule has 0 unspecified atom stereocenters. The van der Waals surface area contributed by atoms with Gasteiger partial charge in [-0.15, -0.1) is 0 Å². The van der Waals surface area contributed by atoms with Crippen LogP contribution < -0.4 is 0 Å². The molecule has 0 aliphatic carbocycles. The van der Waals surface area contributed by atoms with Gasteiger partial charge in [0.25, 0.3) is 0 Å². The Hall–Kier alpha value is -5.60. The summed E-state index contributed by atoms with van der Waals surface area (Å²) in [5, 5.41) is 0. The Labute approximate surface area is 435 Å². The van der Waals surface area contributed by atoms with E-state index < -0.39 is 47.8 Å². The van der Waals surface area contributed by atoms with Gasteiger partial charge in [-0.2, -0.15) is 0 Å². The lowest BCUT2D eigenvalue weighted by Gasteiger charge is -2.26. The topological polar surface area (TPSA) is 260 Å². The van der Waals surface area contributed by atoms with Gasteiger partial charge in [-0.3, -0.25) is 19.6 Å². The van der Waals surface area contributed by atoms with Crippen molar-refractivity contribution in [2.75, 3.05) is 186 Å². The number of morpholine rings is 4. The highest BCUT2D eigenvalue weighted by atomic mass is 16.6. The fourth-order valence-electron chi connectivity index (χ4n) is 6.44. The predicted octanol–water partition coefficient (Wildman–Crippen LogP) is 0.705. The van der Waals surface area contributed by atoms with Crippen LogP contribution in [0.3, 0.4) is 0 Å².